The summed E-state index contributed by atoms with van der Waals surface area (Å²) in [5, 5.41) is 0. The monoisotopic (exact) mass is 329 g/mol. The number of methoxy groups -OCH3 is 1. The summed E-state index contributed by atoms with van der Waals surface area (Å²) in [5.41, 5.74) is 3.01. The maximum Gasteiger partial charge on any atom is 0.340 e. The van der Waals surface area contributed by atoms with Gasteiger partial charge in [0.1, 0.15) is 0 Å². The van der Waals surface area contributed by atoms with Crippen LogP contribution < -0.4 is 0 Å². The molecule has 2 rings (SSSR count). The van der Waals surface area contributed by atoms with Crippen molar-refractivity contribution in [2.45, 2.75) is 26.8 Å². The molecular formula is C19H23NO4. The predicted octanol–water partition coefficient (Wildman–Crippen LogP) is 2.78. The molecule has 0 aromatic heterocycles. The SMILES string of the molecule is CCOC(=O)C1=C(C)N(C)C(C)C(C(=O)OC)=C1c1ccccc1. The second kappa shape index (κ2) is 7.34. The van der Waals surface area contributed by atoms with Crippen LogP contribution in [0.15, 0.2) is 47.2 Å². The van der Waals surface area contributed by atoms with Crippen molar-refractivity contribution in [3.63, 3.8) is 0 Å². The van der Waals surface area contributed by atoms with Crippen molar-refractivity contribution in [3.8, 4) is 0 Å². The molecule has 1 aliphatic rings. The third kappa shape index (κ3) is 3.07. The van der Waals surface area contributed by atoms with Gasteiger partial charge in [-0.15, -0.1) is 0 Å². The largest absolute Gasteiger partial charge is 0.466 e. The standard InChI is InChI=1S/C19H23NO4/c1-6-24-19(22)16-13(3)20(4)12(2)15(18(21)23-5)17(16)14-10-8-7-9-11-14/h7-12H,6H2,1-5H3. The maximum atomic E-state index is 12.6. The Balaban J connectivity index is 2.79. The number of likely N-dealkylation sites (N-methyl/N-ethyl adjacent to an activating group) is 1. The van der Waals surface area contributed by atoms with Crippen LogP contribution in [0.5, 0.6) is 0 Å². The molecule has 0 bridgehead atoms. The van der Waals surface area contributed by atoms with Crippen molar-refractivity contribution in [1.82, 2.24) is 4.90 Å². The van der Waals surface area contributed by atoms with Crippen LogP contribution in [0, 0.1) is 0 Å². The summed E-state index contributed by atoms with van der Waals surface area (Å²) in [6, 6.07) is 9.18. The van der Waals surface area contributed by atoms with Gasteiger partial charge in [0, 0.05) is 18.3 Å². The van der Waals surface area contributed by atoms with Crippen molar-refractivity contribution in [1.29, 1.82) is 0 Å². The molecule has 1 aromatic carbocycles. The van der Waals surface area contributed by atoms with Gasteiger partial charge in [-0.1, -0.05) is 30.3 Å². The predicted molar refractivity (Wildman–Crippen MR) is 91.9 cm³/mol. The Kier molecular flexibility index (Phi) is 5.44. The van der Waals surface area contributed by atoms with Crippen LogP contribution in [0.1, 0.15) is 26.3 Å². The zero-order chi connectivity index (χ0) is 17.9. The Morgan fingerprint density at radius 1 is 1.17 bits per heavy atom. The number of rotatable bonds is 4. The highest BCUT2D eigenvalue weighted by molar-refractivity contribution is 6.14. The molecule has 128 valence electrons. The molecular weight excluding hydrogens is 306 g/mol. The van der Waals surface area contributed by atoms with Crippen LogP contribution in [0.2, 0.25) is 0 Å². The minimum atomic E-state index is -0.442. The first kappa shape index (κ1) is 17.8. The quantitative estimate of drug-likeness (QED) is 0.795. The minimum absolute atomic E-state index is 0.217. The molecule has 1 atom stereocenters. The average molecular weight is 329 g/mol. The zero-order valence-corrected chi connectivity index (χ0v) is 14.8. The molecule has 1 aromatic rings. The summed E-state index contributed by atoms with van der Waals surface area (Å²) < 4.78 is 10.2. The molecule has 0 saturated heterocycles. The van der Waals surface area contributed by atoms with E-state index in [1.807, 2.05) is 56.1 Å². The Morgan fingerprint density at radius 3 is 2.33 bits per heavy atom. The highest BCUT2D eigenvalue weighted by atomic mass is 16.5. The van der Waals surface area contributed by atoms with Gasteiger partial charge in [-0.2, -0.15) is 0 Å². The number of ether oxygens (including phenoxy) is 2. The maximum absolute atomic E-state index is 12.6. The molecule has 0 N–H and O–H groups in total. The highest BCUT2D eigenvalue weighted by Crippen LogP contribution is 2.38. The topological polar surface area (TPSA) is 55.8 Å². The van der Waals surface area contributed by atoms with Gasteiger partial charge in [-0.05, 0) is 26.3 Å². The summed E-state index contributed by atoms with van der Waals surface area (Å²) in [4.78, 5) is 27.0. The lowest BCUT2D eigenvalue weighted by molar-refractivity contribution is -0.138. The Morgan fingerprint density at radius 2 is 1.79 bits per heavy atom. The van der Waals surface area contributed by atoms with Gasteiger partial charge in [-0.3, -0.25) is 0 Å². The summed E-state index contributed by atoms with van der Waals surface area (Å²) in [6.45, 7) is 5.81. The molecule has 1 unspecified atom stereocenters. The van der Waals surface area contributed by atoms with Crippen molar-refractivity contribution >= 4 is 17.5 Å². The van der Waals surface area contributed by atoms with Crippen LogP contribution in [-0.2, 0) is 19.1 Å². The number of carbonyl (C=O) groups excluding carboxylic acids is 2. The van der Waals surface area contributed by atoms with Crippen molar-refractivity contribution in [2.24, 2.45) is 0 Å². The van der Waals surface area contributed by atoms with Crippen LogP contribution in [0.4, 0.5) is 0 Å². The van der Waals surface area contributed by atoms with Crippen LogP contribution >= 0.6 is 0 Å². The second-order valence-electron chi connectivity index (χ2n) is 5.61. The fourth-order valence-corrected chi connectivity index (χ4v) is 2.93. The van der Waals surface area contributed by atoms with Crippen LogP contribution in [0.25, 0.3) is 5.57 Å². The normalized spacial score (nSPS) is 17.9. The molecule has 0 fully saturated rings. The number of hydrogen-bond donors (Lipinski definition) is 0. The first-order chi connectivity index (χ1) is 11.4. The van der Waals surface area contributed by atoms with Gasteiger partial charge in [-0.25, -0.2) is 9.59 Å². The second-order valence-corrected chi connectivity index (χ2v) is 5.61. The summed E-state index contributed by atoms with van der Waals surface area (Å²) in [5.74, 6) is -0.878. The summed E-state index contributed by atoms with van der Waals surface area (Å²) in [7, 11) is 3.20. The van der Waals surface area contributed by atoms with Gasteiger partial charge < -0.3 is 14.4 Å². The third-order valence-electron chi connectivity index (χ3n) is 4.36. The fraction of sp³-hybridized carbons (Fsp3) is 0.368. The lowest BCUT2D eigenvalue weighted by Gasteiger charge is -2.36. The molecule has 0 saturated carbocycles. The molecule has 0 amide bonds. The minimum Gasteiger partial charge on any atom is -0.466 e. The van der Waals surface area contributed by atoms with Gasteiger partial charge in [0.05, 0.1) is 30.9 Å². The lowest BCUT2D eigenvalue weighted by Crippen LogP contribution is -2.39. The number of hydrogen-bond acceptors (Lipinski definition) is 5. The van der Waals surface area contributed by atoms with Crippen molar-refractivity contribution in [3.05, 3.63) is 52.7 Å². The number of carbonyl (C=O) groups is 2. The van der Waals surface area contributed by atoms with Gasteiger partial charge in [0.2, 0.25) is 0 Å². The third-order valence-corrected chi connectivity index (χ3v) is 4.36. The lowest BCUT2D eigenvalue weighted by atomic mass is 9.85. The molecule has 1 aliphatic heterocycles. The van der Waals surface area contributed by atoms with E-state index in [4.69, 9.17) is 9.47 Å². The molecule has 0 radical (unpaired) electrons. The molecule has 24 heavy (non-hydrogen) atoms. The van der Waals surface area contributed by atoms with E-state index in [1.165, 1.54) is 7.11 Å². The molecule has 0 spiro atoms. The Hall–Kier alpha value is -2.56. The van der Waals surface area contributed by atoms with E-state index in [0.29, 0.717) is 16.7 Å². The van der Waals surface area contributed by atoms with Crippen molar-refractivity contribution < 1.29 is 19.1 Å². The van der Waals surface area contributed by atoms with E-state index in [2.05, 4.69) is 0 Å². The number of benzene rings is 1. The first-order valence-corrected chi connectivity index (χ1v) is 7.93. The average Bonchev–Trinajstić information content (AvgIpc) is 2.59. The van der Waals surface area contributed by atoms with Gasteiger partial charge in [0.15, 0.2) is 0 Å². The summed E-state index contributed by atoms with van der Waals surface area (Å²) in [6.07, 6.45) is 0. The van der Waals surface area contributed by atoms with Crippen LogP contribution in [-0.4, -0.2) is 43.6 Å². The van der Waals surface area contributed by atoms with E-state index < -0.39 is 11.9 Å². The number of allylic oxidation sites excluding steroid dienone is 1. The van der Waals surface area contributed by atoms with E-state index >= 15 is 0 Å². The van der Waals surface area contributed by atoms with Gasteiger partial charge in [0.25, 0.3) is 0 Å². The van der Waals surface area contributed by atoms with E-state index in [0.717, 1.165) is 11.3 Å². The number of nitrogens with zero attached hydrogens (tertiary/aromatic N) is 1. The Labute approximate surface area is 142 Å². The smallest absolute Gasteiger partial charge is 0.340 e. The highest BCUT2D eigenvalue weighted by Gasteiger charge is 2.36. The van der Waals surface area contributed by atoms with Crippen LogP contribution in [0.3, 0.4) is 0 Å². The molecule has 5 nitrogen and oxygen atoms in total. The van der Waals surface area contributed by atoms with Gasteiger partial charge >= 0.3 is 11.9 Å². The van der Waals surface area contributed by atoms with E-state index in [1.54, 1.807) is 6.92 Å². The molecule has 1 heterocycles. The fourth-order valence-electron chi connectivity index (χ4n) is 2.93. The molecule has 5 heteroatoms. The Bertz CT molecular complexity index is 703. The zero-order valence-electron chi connectivity index (χ0n) is 14.8. The molecule has 0 aliphatic carbocycles. The van der Waals surface area contributed by atoms with E-state index in [9.17, 15) is 9.59 Å². The van der Waals surface area contributed by atoms with E-state index in [-0.39, 0.29) is 12.6 Å². The first-order valence-electron chi connectivity index (χ1n) is 7.93. The number of esters is 2. The van der Waals surface area contributed by atoms with Crippen molar-refractivity contribution in [2.75, 3.05) is 20.8 Å². The summed E-state index contributed by atoms with van der Waals surface area (Å²) >= 11 is 0.